The van der Waals surface area contributed by atoms with Crippen LogP contribution in [0.2, 0.25) is 5.02 Å². The van der Waals surface area contributed by atoms with Gasteiger partial charge in [0.25, 0.3) is 0 Å². The summed E-state index contributed by atoms with van der Waals surface area (Å²) >= 11 is 9.33. The zero-order chi connectivity index (χ0) is 14.0. The third kappa shape index (κ3) is 3.14. The molecule has 0 heterocycles. The second kappa shape index (κ2) is 5.99. The van der Waals surface area contributed by atoms with Crippen molar-refractivity contribution in [3.05, 3.63) is 68.7 Å². The molecule has 0 amide bonds. The topological polar surface area (TPSA) is 12.0 Å². The number of hydrogen-bond donors (Lipinski definition) is 1. The highest BCUT2D eigenvalue weighted by Crippen LogP contribution is 2.30. The first-order valence-electron chi connectivity index (χ1n) is 5.60. The fraction of sp³-hybridized carbons (Fsp3) is 0.143. The van der Waals surface area contributed by atoms with Crippen molar-refractivity contribution in [2.75, 3.05) is 7.05 Å². The Kier molecular flexibility index (Phi) is 4.55. The van der Waals surface area contributed by atoms with Crippen LogP contribution < -0.4 is 5.32 Å². The Balaban J connectivity index is 2.49. The Morgan fingerprint density at radius 2 is 1.89 bits per heavy atom. The van der Waals surface area contributed by atoms with Crippen LogP contribution in [0.15, 0.2) is 40.9 Å². The average Bonchev–Trinajstić information content (AvgIpc) is 2.38. The summed E-state index contributed by atoms with van der Waals surface area (Å²) in [4.78, 5) is 0. The summed E-state index contributed by atoms with van der Waals surface area (Å²) in [6.07, 6.45) is 0. The van der Waals surface area contributed by atoms with Gasteiger partial charge in [0.2, 0.25) is 0 Å². The van der Waals surface area contributed by atoms with Crippen molar-refractivity contribution in [1.29, 1.82) is 0 Å². The van der Waals surface area contributed by atoms with Gasteiger partial charge in [-0.3, -0.25) is 0 Å². The van der Waals surface area contributed by atoms with E-state index in [1.807, 2.05) is 6.07 Å². The van der Waals surface area contributed by atoms with Gasteiger partial charge in [0, 0.05) is 10.0 Å². The minimum atomic E-state index is -0.472. The molecule has 0 aromatic heterocycles. The van der Waals surface area contributed by atoms with Gasteiger partial charge >= 0.3 is 0 Å². The molecular formula is C14H11BrClF2N. The van der Waals surface area contributed by atoms with E-state index in [2.05, 4.69) is 21.2 Å². The molecule has 0 bridgehead atoms. The van der Waals surface area contributed by atoms with E-state index >= 15 is 0 Å². The fourth-order valence-electron chi connectivity index (χ4n) is 1.93. The summed E-state index contributed by atoms with van der Waals surface area (Å²) in [7, 11) is 1.69. The van der Waals surface area contributed by atoms with Crippen LogP contribution in [0, 0.1) is 11.6 Å². The predicted molar refractivity (Wildman–Crippen MR) is 76.4 cm³/mol. The van der Waals surface area contributed by atoms with Crippen LogP contribution in [0.1, 0.15) is 17.2 Å². The summed E-state index contributed by atoms with van der Waals surface area (Å²) < 4.78 is 27.9. The Morgan fingerprint density at radius 1 is 1.16 bits per heavy atom. The van der Waals surface area contributed by atoms with Crippen molar-refractivity contribution in [3.8, 4) is 0 Å². The van der Waals surface area contributed by atoms with E-state index in [0.717, 1.165) is 22.2 Å². The Hall–Kier alpha value is -0.970. The minimum absolute atomic E-state index is 0.251. The van der Waals surface area contributed by atoms with E-state index in [0.29, 0.717) is 5.02 Å². The smallest absolute Gasteiger partial charge is 0.128 e. The van der Waals surface area contributed by atoms with Gasteiger partial charge in [-0.15, -0.1) is 0 Å². The van der Waals surface area contributed by atoms with Gasteiger partial charge in [0.15, 0.2) is 0 Å². The number of nitrogens with one attached hydrogen (secondary N) is 1. The van der Waals surface area contributed by atoms with Crippen molar-refractivity contribution >= 4 is 27.5 Å². The first kappa shape index (κ1) is 14.4. The van der Waals surface area contributed by atoms with Crippen LogP contribution in [0.4, 0.5) is 8.78 Å². The number of halogens is 4. The van der Waals surface area contributed by atoms with Gasteiger partial charge in [-0.05, 0) is 58.9 Å². The van der Waals surface area contributed by atoms with Crippen LogP contribution >= 0.6 is 27.5 Å². The molecule has 0 saturated heterocycles. The molecule has 1 unspecified atom stereocenters. The van der Waals surface area contributed by atoms with Gasteiger partial charge in [-0.1, -0.05) is 17.7 Å². The second-order valence-corrected chi connectivity index (χ2v) is 5.32. The van der Waals surface area contributed by atoms with E-state index in [1.165, 1.54) is 6.07 Å². The Bertz CT molecular complexity index is 604. The quantitative estimate of drug-likeness (QED) is 0.850. The highest BCUT2D eigenvalue weighted by atomic mass is 79.9. The largest absolute Gasteiger partial charge is 0.309 e. The van der Waals surface area contributed by atoms with E-state index < -0.39 is 17.7 Å². The lowest BCUT2D eigenvalue weighted by atomic mass is 9.98. The van der Waals surface area contributed by atoms with Crippen molar-refractivity contribution in [3.63, 3.8) is 0 Å². The summed E-state index contributed by atoms with van der Waals surface area (Å²) in [6.45, 7) is 0. The second-order valence-electron chi connectivity index (χ2n) is 4.06. The number of benzene rings is 2. The summed E-state index contributed by atoms with van der Waals surface area (Å²) in [5.41, 5.74) is 1.01. The van der Waals surface area contributed by atoms with Crippen molar-refractivity contribution in [1.82, 2.24) is 5.32 Å². The predicted octanol–water partition coefficient (Wildman–Crippen LogP) is 4.69. The zero-order valence-corrected chi connectivity index (χ0v) is 12.4. The molecule has 1 N–H and O–H groups in total. The van der Waals surface area contributed by atoms with Gasteiger partial charge in [-0.2, -0.15) is 0 Å². The maximum atomic E-state index is 13.8. The van der Waals surface area contributed by atoms with Gasteiger partial charge in [0.05, 0.1) is 11.1 Å². The third-order valence-corrected chi connectivity index (χ3v) is 4.07. The molecule has 0 aliphatic carbocycles. The highest BCUT2D eigenvalue weighted by Gasteiger charge is 2.17. The van der Waals surface area contributed by atoms with E-state index in [-0.39, 0.29) is 5.56 Å². The average molecular weight is 347 g/mol. The molecular weight excluding hydrogens is 336 g/mol. The number of rotatable bonds is 3. The normalized spacial score (nSPS) is 12.5. The maximum absolute atomic E-state index is 13.8. The van der Waals surface area contributed by atoms with Crippen LogP contribution in [0.5, 0.6) is 0 Å². The van der Waals surface area contributed by atoms with Crippen molar-refractivity contribution in [2.24, 2.45) is 0 Å². The van der Waals surface area contributed by atoms with E-state index in [4.69, 9.17) is 11.6 Å². The molecule has 2 rings (SSSR count). The standard InChI is InChI=1S/C14H11BrClF2N/c1-19-14(8-2-4-11(15)12(16)6-8)10-7-9(17)3-5-13(10)18/h2-7,14,19H,1H3. The van der Waals surface area contributed by atoms with Crippen LogP contribution in [-0.2, 0) is 0 Å². The highest BCUT2D eigenvalue weighted by molar-refractivity contribution is 9.10. The molecule has 0 spiro atoms. The first-order chi connectivity index (χ1) is 9.02. The van der Waals surface area contributed by atoms with Crippen LogP contribution in [-0.4, -0.2) is 7.05 Å². The lowest BCUT2D eigenvalue weighted by Gasteiger charge is -2.18. The molecule has 0 aliphatic rings. The molecule has 0 saturated carbocycles. The summed E-state index contributed by atoms with van der Waals surface area (Å²) in [5, 5.41) is 3.49. The molecule has 1 atom stereocenters. The fourth-order valence-corrected chi connectivity index (χ4v) is 2.37. The zero-order valence-electron chi connectivity index (χ0n) is 10.1. The van der Waals surface area contributed by atoms with Crippen LogP contribution in [0.25, 0.3) is 0 Å². The summed E-state index contributed by atoms with van der Waals surface area (Å²) in [6, 6.07) is 8.25. The van der Waals surface area contributed by atoms with Gasteiger partial charge in [-0.25, -0.2) is 8.78 Å². The monoisotopic (exact) mass is 345 g/mol. The Labute approximate surface area is 123 Å². The minimum Gasteiger partial charge on any atom is -0.309 e. The molecule has 1 nitrogen and oxygen atoms in total. The first-order valence-corrected chi connectivity index (χ1v) is 6.77. The van der Waals surface area contributed by atoms with E-state index in [1.54, 1.807) is 19.2 Å². The van der Waals surface area contributed by atoms with Crippen molar-refractivity contribution in [2.45, 2.75) is 6.04 Å². The van der Waals surface area contributed by atoms with Crippen molar-refractivity contribution < 1.29 is 8.78 Å². The van der Waals surface area contributed by atoms with Gasteiger partial charge in [0.1, 0.15) is 11.6 Å². The molecule has 0 fully saturated rings. The molecule has 2 aromatic rings. The number of hydrogen-bond acceptors (Lipinski definition) is 1. The maximum Gasteiger partial charge on any atom is 0.128 e. The molecule has 5 heteroatoms. The Morgan fingerprint density at radius 3 is 2.53 bits per heavy atom. The molecule has 0 aliphatic heterocycles. The molecule has 19 heavy (non-hydrogen) atoms. The molecule has 0 radical (unpaired) electrons. The summed E-state index contributed by atoms with van der Waals surface area (Å²) in [5.74, 6) is -0.931. The van der Waals surface area contributed by atoms with E-state index in [9.17, 15) is 8.78 Å². The SMILES string of the molecule is CNC(c1ccc(Br)c(Cl)c1)c1cc(F)ccc1F. The molecule has 2 aromatic carbocycles. The lowest BCUT2D eigenvalue weighted by Crippen LogP contribution is -2.19. The molecule has 100 valence electrons. The van der Waals surface area contributed by atoms with Crippen LogP contribution in [0.3, 0.4) is 0 Å². The van der Waals surface area contributed by atoms with Gasteiger partial charge < -0.3 is 5.32 Å². The third-order valence-electron chi connectivity index (χ3n) is 2.83. The lowest BCUT2D eigenvalue weighted by molar-refractivity contribution is 0.558.